The van der Waals surface area contributed by atoms with Crippen LogP contribution in [-0.2, 0) is 19.4 Å². The van der Waals surface area contributed by atoms with E-state index < -0.39 is 0 Å². The smallest absolute Gasteiger partial charge is 0.403 e. The molecule has 2 fully saturated rings. The molecule has 1 atom stereocenters. The summed E-state index contributed by atoms with van der Waals surface area (Å²) >= 11 is 0. The topological polar surface area (TPSA) is 35.5 Å². The van der Waals surface area contributed by atoms with Gasteiger partial charge in [-0.3, -0.25) is 4.79 Å². The second-order valence-corrected chi connectivity index (χ2v) is 7.33. The Balaban J connectivity index is 2.01. The standard InChI is InChI=1S/C17H23BO3/c1-15(2)16(3,4)21-18(20-15)17(11-10-14(19)12-17)13-8-6-5-7-9-13/h5-9H,10-12H2,1-4H3/t17-/m0/s1. The summed E-state index contributed by atoms with van der Waals surface area (Å²) in [6, 6.07) is 10.2. The molecule has 0 aromatic heterocycles. The SMILES string of the molecule is CC1(C)OB([C@@]2(c3ccccc3)CCC(=O)C2)OC1(C)C. The third-order valence-electron chi connectivity index (χ3n) is 5.42. The minimum Gasteiger partial charge on any atom is -0.403 e. The van der Waals surface area contributed by atoms with E-state index in [2.05, 4.69) is 39.8 Å². The van der Waals surface area contributed by atoms with Crippen molar-refractivity contribution < 1.29 is 14.1 Å². The zero-order chi connectivity index (χ0) is 15.3. The van der Waals surface area contributed by atoms with Gasteiger partial charge < -0.3 is 9.31 Å². The summed E-state index contributed by atoms with van der Waals surface area (Å²) in [5, 5.41) is -0.344. The molecular formula is C17H23BO3. The zero-order valence-electron chi connectivity index (χ0n) is 13.3. The largest absolute Gasteiger partial charge is 0.469 e. The van der Waals surface area contributed by atoms with Gasteiger partial charge in [-0.15, -0.1) is 0 Å². The molecule has 0 unspecified atom stereocenters. The minimum atomic E-state index is -0.370. The van der Waals surface area contributed by atoms with E-state index >= 15 is 0 Å². The average molecular weight is 286 g/mol. The number of benzene rings is 1. The van der Waals surface area contributed by atoms with Crippen molar-refractivity contribution in [2.45, 2.75) is 63.5 Å². The summed E-state index contributed by atoms with van der Waals surface area (Å²) in [6.07, 6.45) is 1.92. The quantitative estimate of drug-likeness (QED) is 0.782. The summed E-state index contributed by atoms with van der Waals surface area (Å²) in [7, 11) is -0.364. The fourth-order valence-corrected chi connectivity index (χ4v) is 3.31. The van der Waals surface area contributed by atoms with Crippen molar-refractivity contribution in [1.29, 1.82) is 0 Å². The maximum atomic E-state index is 12.0. The maximum Gasteiger partial charge on any atom is 0.469 e. The lowest BCUT2D eigenvalue weighted by Crippen LogP contribution is -2.44. The van der Waals surface area contributed by atoms with Crippen LogP contribution < -0.4 is 0 Å². The predicted molar refractivity (Wildman–Crippen MR) is 83.1 cm³/mol. The van der Waals surface area contributed by atoms with Crippen LogP contribution in [-0.4, -0.2) is 24.1 Å². The van der Waals surface area contributed by atoms with Crippen LogP contribution in [0.1, 0.15) is 52.5 Å². The van der Waals surface area contributed by atoms with Gasteiger partial charge in [0.15, 0.2) is 0 Å². The molecule has 21 heavy (non-hydrogen) atoms. The number of Topliss-reactive ketones (excluding diaryl/α,β-unsaturated/α-hetero) is 1. The highest BCUT2D eigenvalue weighted by atomic mass is 16.7. The van der Waals surface area contributed by atoms with Crippen LogP contribution in [0.15, 0.2) is 30.3 Å². The van der Waals surface area contributed by atoms with Gasteiger partial charge in [0.25, 0.3) is 0 Å². The lowest BCUT2D eigenvalue weighted by atomic mass is 9.53. The van der Waals surface area contributed by atoms with Gasteiger partial charge in [-0.25, -0.2) is 0 Å². The fourth-order valence-electron chi connectivity index (χ4n) is 3.31. The monoisotopic (exact) mass is 286 g/mol. The second kappa shape index (κ2) is 4.69. The van der Waals surface area contributed by atoms with Crippen molar-refractivity contribution in [2.75, 3.05) is 0 Å². The molecule has 1 saturated heterocycles. The van der Waals surface area contributed by atoms with E-state index in [1.165, 1.54) is 0 Å². The molecule has 0 N–H and O–H groups in total. The van der Waals surface area contributed by atoms with E-state index in [0.29, 0.717) is 18.6 Å². The van der Waals surface area contributed by atoms with E-state index in [9.17, 15) is 4.79 Å². The maximum absolute atomic E-state index is 12.0. The van der Waals surface area contributed by atoms with Crippen LogP contribution in [0.3, 0.4) is 0 Å². The predicted octanol–water partition coefficient (Wildman–Crippen LogP) is 3.31. The number of carbonyl (C=O) groups excluding carboxylic acids is 1. The van der Waals surface area contributed by atoms with Gasteiger partial charge >= 0.3 is 7.12 Å². The molecule has 1 aromatic carbocycles. The first-order valence-corrected chi connectivity index (χ1v) is 7.70. The highest BCUT2D eigenvalue weighted by molar-refractivity contribution is 6.50. The summed E-state index contributed by atoms with van der Waals surface area (Å²) in [4.78, 5) is 12.0. The van der Waals surface area contributed by atoms with Gasteiger partial charge in [-0.2, -0.15) is 0 Å². The molecule has 1 aliphatic heterocycles. The van der Waals surface area contributed by atoms with E-state index in [-0.39, 0.29) is 23.6 Å². The molecule has 1 heterocycles. The molecule has 3 nitrogen and oxygen atoms in total. The fraction of sp³-hybridized carbons (Fsp3) is 0.588. The molecule has 3 rings (SSSR count). The minimum absolute atomic E-state index is 0.300. The number of hydrogen-bond donors (Lipinski definition) is 0. The number of ketones is 1. The molecule has 2 aliphatic rings. The van der Waals surface area contributed by atoms with Crippen molar-refractivity contribution >= 4 is 12.9 Å². The Hall–Kier alpha value is -1.13. The van der Waals surface area contributed by atoms with E-state index in [4.69, 9.17) is 9.31 Å². The lowest BCUT2D eigenvalue weighted by Gasteiger charge is -2.32. The van der Waals surface area contributed by atoms with E-state index in [1.807, 2.05) is 18.2 Å². The molecule has 4 heteroatoms. The van der Waals surface area contributed by atoms with E-state index in [1.54, 1.807) is 0 Å². The summed E-state index contributed by atoms with van der Waals surface area (Å²) in [5.74, 6) is 0.300. The number of rotatable bonds is 2. The molecular weight excluding hydrogens is 263 g/mol. The summed E-state index contributed by atoms with van der Waals surface area (Å²) in [5.41, 5.74) is 0.408. The Morgan fingerprint density at radius 3 is 2.05 bits per heavy atom. The van der Waals surface area contributed by atoms with E-state index in [0.717, 1.165) is 12.0 Å². The highest BCUT2D eigenvalue weighted by Gasteiger charge is 2.61. The highest BCUT2D eigenvalue weighted by Crippen LogP contribution is 2.49. The molecule has 1 saturated carbocycles. The Morgan fingerprint density at radius 1 is 1.00 bits per heavy atom. The zero-order valence-corrected chi connectivity index (χ0v) is 13.3. The Kier molecular flexibility index (Phi) is 3.30. The van der Waals surface area contributed by atoms with Gasteiger partial charge in [0, 0.05) is 18.2 Å². The van der Waals surface area contributed by atoms with Gasteiger partial charge in [0.05, 0.1) is 11.2 Å². The third-order valence-corrected chi connectivity index (χ3v) is 5.42. The first-order valence-electron chi connectivity index (χ1n) is 7.70. The molecule has 112 valence electrons. The van der Waals surface area contributed by atoms with Crippen LogP contribution in [0.4, 0.5) is 0 Å². The first kappa shape index (κ1) is 14.8. The first-order chi connectivity index (χ1) is 9.77. The molecule has 0 spiro atoms. The normalized spacial score (nSPS) is 30.9. The van der Waals surface area contributed by atoms with Gasteiger partial charge in [-0.05, 0) is 39.7 Å². The van der Waals surface area contributed by atoms with Crippen LogP contribution in [0.5, 0.6) is 0 Å². The lowest BCUT2D eigenvalue weighted by molar-refractivity contribution is -0.117. The van der Waals surface area contributed by atoms with Crippen molar-refractivity contribution in [3.8, 4) is 0 Å². The van der Waals surface area contributed by atoms with Crippen molar-refractivity contribution in [3.63, 3.8) is 0 Å². The van der Waals surface area contributed by atoms with Crippen LogP contribution >= 0.6 is 0 Å². The van der Waals surface area contributed by atoms with Crippen LogP contribution in [0.2, 0.25) is 0 Å². The Labute approximate surface area is 127 Å². The second-order valence-electron chi connectivity index (χ2n) is 7.33. The number of hydrogen-bond acceptors (Lipinski definition) is 3. The average Bonchev–Trinajstić information content (AvgIpc) is 2.90. The molecule has 0 radical (unpaired) electrons. The Morgan fingerprint density at radius 2 is 1.57 bits per heavy atom. The third kappa shape index (κ3) is 2.25. The molecule has 0 amide bonds. The van der Waals surface area contributed by atoms with Crippen molar-refractivity contribution in [1.82, 2.24) is 0 Å². The molecule has 1 aliphatic carbocycles. The van der Waals surface area contributed by atoms with Crippen LogP contribution in [0, 0.1) is 0 Å². The summed E-state index contributed by atoms with van der Waals surface area (Å²) < 4.78 is 12.6. The summed E-state index contributed by atoms with van der Waals surface area (Å²) in [6.45, 7) is 8.23. The van der Waals surface area contributed by atoms with Gasteiger partial charge in [0.2, 0.25) is 0 Å². The molecule has 0 bridgehead atoms. The van der Waals surface area contributed by atoms with Crippen LogP contribution in [0.25, 0.3) is 0 Å². The van der Waals surface area contributed by atoms with Gasteiger partial charge in [-0.1, -0.05) is 30.3 Å². The molecule has 1 aromatic rings. The van der Waals surface area contributed by atoms with Crippen molar-refractivity contribution in [3.05, 3.63) is 35.9 Å². The Bertz CT molecular complexity index is 536. The van der Waals surface area contributed by atoms with Crippen molar-refractivity contribution in [2.24, 2.45) is 0 Å². The number of carbonyl (C=O) groups is 1. The van der Waals surface area contributed by atoms with Gasteiger partial charge in [0.1, 0.15) is 5.78 Å².